The van der Waals surface area contributed by atoms with Crippen LogP contribution in [0, 0.1) is 0 Å². The zero-order chi connectivity index (χ0) is 37.9. The van der Waals surface area contributed by atoms with Gasteiger partial charge in [0.25, 0.3) is 0 Å². The monoisotopic (exact) mass is 743 g/mol. The van der Waals surface area contributed by atoms with Crippen LogP contribution < -0.4 is 0 Å². The standard InChI is InChI=1S/C43H82O9/c1-3-5-7-9-10-11-12-13-14-15-16-17-18-19-20-21-22-23-24-25-26-27-29-31-33-49-35-37(51-39(45)32-30-28-8-6-4-2)36-50-43-42(48)41(47)40(46)38(34-44)52-43/h15-16,37-38,40-44,46-48H,3-14,17-36H2,1-2H3/b16-15-. The lowest BCUT2D eigenvalue weighted by molar-refractivity contribution is -0.305. The first-order chi connectivity index (χ1) is 25.4. The molecule has 0 bridgehead atoms. The summed E-state index contributed by atoms with van der Waals surface area (Å²) in [5.74, 6) is -0.324. The van der Waals surface area contributed by atoms with Gasteiger partial charge in [0.1, 0.15) is 30.5 Å². The van der Waals surface area contributed by atoms with Gasteiger partial charge in [0.15, 0.2) is 6.29 Å². The highest BCUT2D eigenvalue weighted by Crippen LogP contribution is 2.22. The Balaban J connectivity index is 2.08. The van der Waals surface area contributed by atoms with Gasteiger partial charge in [-0.1, -0.05) is 161 Å². The molecule has 1 aliphatic rings. The minimum absolute atomic E-state index is 0.110. The SMILES string of the molecule is CCCCCCCCCC/C=C\CCCCCCCCCCCCCCOCC(COC1OC(CO)C(O)C(O)C1O)OC(=O)CCCCCCC. The Bertz CT molecular complexity index is 807. The fourth-order valence-corrected chi connectivity index (χ4v) is 6.72. The van der Waals surface area contributed by atoms with Crippen molar-refractivity contribution in [3.8, 4) is 0 Å². The summed E-state index contributed by atoms with van der Waals surface area (Å²) in [6.45, 7) is 4.48. The molecule has 6 atom stereocenters. The van der Waals surface area contributed by atoms with Crippen LogP contribution in [0.3, 0.4) is 0 Å². The third-order valence-corrected chi connectivity index (χ3v) is 10.2. The molecule has 9 heteroatoms. The summed E-state index contributed by atoms with van der Waals surface area (Å²) in [5, 5.41) is 39.8. The average molecular weight is 743 g/mol. The van der Waals surface area contributed by atoms with Gasteiger partial charge in [-0.15, -0.1) is 0 Å². The van der Waals surface area contributed by atoms with Crippen LogP contribution in [-0.4, -0.2) is 89.6 Å². The van der Waals surface area contributed by atoms with Crippen molar-refractivity contribution in [2.45, 2.75) is 230 Å². The number of carbonyl (C=O) groups is 1. The van der Waals surface area contributed by atoms with Crippen molar-refractivity contribution in [2.75, 3.05) is 26.4 Å². The van der Waals surface area contributed by atoms with Gasteiger partial charge in [0.2, 0.25) is 0 Å². The zero-order valence-corrected chi connectivity index (χ0v) is 33.6. The molecule has 6 unspecified atom stereocenters. The molecule has 0 aromatic rings. The maximum absolute atomic E-state index is 12.5. The first-order valence-electron chi connectivity index (χ1n) is 21.8. The van der Waals surface area contributed by atoms with Crippen LogP contribution in [0.2, 0.25) is 0 Å². The summed E-state index contributed by atoms with van der Waals surface area (Å²) < 4.78 is 22.6. The van der Waals surface area contributed by atoms with Gasteiger partial charge in [0.05, 0.1) is 19.8 Å². The van der Waals surface area contributed by atoms with Gasteiger partial charge in [-0.3, -0.25) is 4.79 Å². The van der Waals surface area contributed by atoms with Crippen molar-refractivity contribution in [3.05, 3.63) is 12.2 Å². The second kappa shape index (κ2) is 35.6. The van der Waals surface area contributed by atoms with Crippen LogP contribution in [0.4, 0.5) is 0 Å². The van der Waals surface area contributed by atoms with Crippen LogP contribution in [0.1, 0.15) is 194 Å². The predicted octanol–water partition coefficient (Wildman–Crippen LogP) is 9.25. The highest BCUT2D eigenvalue weighted by Gasteiger charge is 2.44. The van der Waals surface area contributed by atoms with E-state index in [0.717, 1.165) is 44.9 Å². The Labute approximate surface area is 318 Å². The van der Waals surface area contributed by atoms with E-state index in [1.54, 1.807) is 0 Å². The molecule has 308 valence electrons. The number of hydrogen-bond donors (Lipinski definition) is 4. The second-order valence-electron chi connectivity index (χ2n) is 15.1. The number of aliphatic hydroxyl groups is 4. The average Bonchev–Trinajstić information content (AvgIpc) is 3.14. The van der Waals surface area contributed by atoms with Crippen molar-refractivity contribution < 1.29 is 44.2 Å². The Morgan fingerprint density at radius 1 is 0.596 bits per heavy atom. The molecule has 0 amide bonds. The molecule has 1 heterocycles. The molecule has 0 aromatic heterocycles. The number of hydrogen-bond acceptors (Lipinski definition) is 9. The number of carbonyl (C=O) groups excluding carboxylic acids is 1. The number of ether oxygens (including phenoxy) is 4. The van der Waals surface area contributed by atoms with Crippen molar-refractivity contribution >= 4 is 5.97 Å². The first-order valence-corrected chi connectivity index (χ1v) is 21.8. The molecule has 0 radical (unpaired) electrons. The maximum Gasteiger partial charge on any atom is 0.306 e. The minimum Gasteiger partial charge on any atom is -0.457 e. The van der Waals surface area contributed by atoms with E-state index in [0.29, 0.717) is 13.0 Å². The smallest absolute Gasteiger partial charge is 0.306 e. The molecule has 1 aliphatic heterocycles. The number of esters is 1. The molecule has 9 nitrogen and oxygen atoms in total. The topological polar surface area (TPSA) is 135 Å². The van der Waals surface area contributed by atoms with Crippen molar-refractivity contribution in [1.82, 2.24) is 0 Å². The Morgan fingerprint density at radius 3 is 1.56 bits per heavy atom. The lowest BCUT2D eigenvalue weighted by Gasteiger charge is -2.39. The van der Waals surface area contributed by atoms with Crippen molar-refractivity contribution in [1.29, 1.82) is 0 Å². The van der Waals surface area contributed by atoms with Crippen LogP contribution in [0.25, 0.3) is 0 Å². The van der Waals surface area contributed by atoms with Crippen molar-refractivity contribution in [2.24, 2.45) is 0 Å². The Morgan fingerprint density at radius 2 is 1.06 bits per heavy atom. The molecule has 0 aliphatic carbocycles. The number of allylic oxidation sites excluding steroid dienone is 2. The summed E-state index contributed by atoms with van der Waals surface area (Å²) in [4.78, 5) is 12.5. The molecule has 0 spiro atoms. The van der Waals surface area contributed by atoms with Crippen molar-refractivity contribution in [3.63, 3.8) is 0 Å². The fraction of sp³-hybridized carbons (Fsp3) is 0.930. The van der Waals surface area contributed by atoms with E-state index in [1.807, 2.05) is 0 Å². The normalized spacial score (nSPS) is 21.2. The number of aliphatic hydroxyl groups excluding tert-OH is 4. The maximum atomic E-state index is 12.5. The number of rotatable bonds is 37. The molecule has 0 aromatic carbocycles. The lowest BCUT2D eigenvalue weighted by Crippen LogP contribution is -2.59. The molecule has 0 saturated carbocycles. The van der Waals surface area contributed by atoms with Crippen LogP contribution in [0.5, 0.6) is 0 Å². The molecule has 4 N–H and O–H groups in total. The van der Waals surface area contributed by atoms with E-state index in [4.69, 9.17) is 18.9 Å². The fourth-order valence-electron chi connectivity index (χ4n) is 6.72. The quantitative estimate of drug-likeness (QED) is 0.0279. The zero-order valence-electron chi connectivity index (χ0n) is 33.6. The van der Waals surface area contributed by atoms with Crippen LogP contribution >= 0.6 is 0 Å². The predicted molar refractivity (Wildman–Crippen MR) is 210 cm³/mol. The summed E-state index contributed by atoms with van der Waals surface area (Å²) in [7, 11) is 0. The summed E-state index contributed by atoms with van der Waals surface area (Å²) in [5.41, 5.74) is 0. The minimum atomic E-state index is -1.53. The highest BCUT2D eigenvalue weighted by atomic mass is 16.7. The van der Waals surface area contributed by atoms with Gasteiger partial charge < -0.3 is 39.4 Å². The van der Waals surface area contributed by atoms with Gasteiger partial charge >= 0.3 is 5.97 Å². The molecule has 52 heavy (non-hydrogen) atoms. The van der Waals surface area contributed by atoms with Gasteiger partial charge in [0, 0.05) is 13.0 Å². The summed E-state index contributed by atoms with van der Waals surface area (Å²) in [6, 6.07) is 0. The second-order valence-corrected chi connectivity index (χ2v) is 15.1. The lowest BCUT2D eigenvalue weighted by atomic mass is 9.99. The largest absolute Gasteiger partial charge is 0.457 e. The number of unbranched alkanes of at least 4 members (excludes halogenated alkanes) is 24. The van der Waals surface area contributed by atoms with E-state index in [-0.39, 0.29) is 19.2 Å². The van der Waals surface area contributed by atoms with Gasteiger partial charge in [-0.25, -0.2) is 0 Å². The third-order valence-electron chi connectivity index (χ3n) is 10.2. The van der Waals surface area contributed by atoms with Crippen LogP contribution in [0.15, 0.2) is 12.2 Å². The third kappa shape index (κ3) is 26.7. The highest BCUT2D eigenvalue weighted by molar-refractivity contribution is 5.69. The molecular formula is C43H82O9. The Kier molecular flexibility index (Phi) is 33.5. The van der Waals surface area contributed by atoms with E-state index in [1.165, 1.54) is 128 Å². The van der Waals surface area contributed by atoms with Gasteiger partial charge in [-0.2, -0.15) is 0 Å². The Hall–Kier alpha value is -1.07. The first kappa shape index (κ1) is 48.9. The molecular weight excluding hydrogens is 660 g/mol. The summed E-state index contributed by atoms with van der Waals surface area (Å²) >= 11 is 0. The molecule has 1 fully saturated rings. The van der Waals surface area contributed by atoms with Gasteiger partial charge in [-0.05, 0) is 38.5 Å². The van der Waals surface area contributed by atoms with E-state index >= 15 is 0 Å². The molecule has 1 rings (SSSR count). The summed E-state index contributed by atoms with van der Waals surface area (Å²) in [6.07, 6.45) is 31.5. The van der Waals surface area contributed by atoms with E-state index < -0.39 is 43.4 Å². The van der Waals surface area contributed by atoms with Crippen LogP contribution in [-0.2, 0) is 23.7 Å². The molecule has 1 saturated heterocycles. The van der Waals surface area contributed by atoms with E-state index in [9.17, 15) is 25.2 Å². The van der Waals surface area contributed by atoms with E-state index in [2.05, 4.69) is 26.0 Å².